The number of carbonyl (C=O) groups excluding carboxylic acids is 3. The van der Waals surface area contributed by atoms with Crippen molar-refractivity contribution >= 4 is 17.9 Å². The Hall–Kier alpha value is -2.57. The highest BCUT2D eigenvalue weighted by atomic mass is 16.6. The van der Waals surface area contributed by atoms with E-state index in [9.17, 15) is 14.4 Å². The molecule has 1 saturated carbocycles. The van der Waals surface area contributed by atoms with E-state index in [2.05, 4.69) is 24.5 Å². The molecule has 0 aromatic heterocycles. The number of aryl methyl sites for hydroxylation is 2. The van der Waals surface area contributed by atoms with Gasteiger partial charge < -0.3 is 20.3 Å². The van der Waals surface area contributed by atoms with Crippen molar-refractivity contribution in [2.24, 2.45) is 11.8 Å². The number of benzene rings is 1. The Bertz CT molecular complexity index is 922. The van der Waals surface area contributed by atoms with Crippen molar-refractivity contribution in [2.45, 2.75) is 112 Å². The van der Waals surface area contributed by atoms with Gasteiger partial charge in [-0.25, -0.2) is 4.79 Å². The topological polar surface area (TPSA) is 87.7 Å². The average molecular weight is 502 g/mol. The van der Waals surface area contributed by atoms with E-state index in [0.29, 0.717) is 6.54 Å². The number of hydrogen-bond acceptors (Lipinski definition) is 4. The van der Waals surface area contributed by atoms with Gasteiger partial charge in [0.05, 0.1) is 0 Å². The minimum atomic E-state index is -0.812. The standard InChI is InChI=1S/C29H47N3O4/c1-10-11-12-15-30-26(33)25(22-16-19(4)13-14-20(22)5)32(23-17-21(23)6)27(34)24(18(2)3)31-28(35)36-29(7,8)9/h13-14,16,18,21,23-25H,10-12,15,17H2,1-9H3,(H,30,33)(H,31,35). The highest BCUT2D eigenvalue weighted by Gasteiger charge is 2.48. The summed E-state index contributed by atoms with van der Waals surface area (Å²) < 4.78 is 5.45. The van der Waals surface area contributed by atoms with Crippen LogP contribution < -0.4 is 10.6 Å². The summed E-state index contributed by atoms with van der Waals surface area (Å²) in [6.07, 6.45) is 3.18. The molecule has 1 aromatic rings. The smallest absolute Gasteiger partial charge is 0.408 e. The van der Waals surface area contributed by atoms with Crippen molar-refractivity contribution in [1.29, 1.82) is 0 Å². The fourth-order valence-electron chi connectivity index (χ4n) is 4.44. The lowest BCUT2D eigenvalue weighted by Crippen LogP contribution is -2.56. The molecule has 7 heteroatoms. The molecule has 0 aliphatic heterocycles. The predicted molar refractivity (Wildman–Crippen MR) is 144 cm³/mol. The molecule has 4 unspecified atom stereocenters. The van der Waals surface area contributed by atoms with Gasteiger partial charge in [0, 0.05) is 12.6 Å². The molecule has 2 rings (SSSR count). The van der Waals surface area contributed by atoms with E-state index >= 15 is 0 Å². The van der Waals surface area contributed by atoms with E-state index in [1.165, 1.54) is 0 Å². The lowest BCUT2D eigenvalue weighted by Gasteiger charge is -2.36. The molecule has 0 radical (unpaired) electrons. The van der Waals surface area contributed by atoms with Crippen LogP contribution in [0.3, 0.4) is 0 Å². The maximum absolute atomic E-state index is 14.2. The first-order valence-electron chi connectivity index (χ1n) is 13.4. The maximum Gasteiger partial charge on any atom is 0.408 e. The first-order valence-corrected chi connectivity index (χ1v) is 13.4. The van der Waals surface area contributed by atoms with Gasteiger partial charge in [0.15, 0.2) is 0 Å². The summed E-state index contributed by atoms with van der Waals surface area (Å²) in [7, 11) is 0. The van der Waals surface area contributed by atoms with E-state index in [1.54, 1.807) is 25.7 Å². The Morgan fingerprint density at radius 3 is 2.31 bits per heavy atom. The molecule has 202 valence electrons. The van der Waals surface area contributed by atoms with Crippen LogP contribution in [-0.4, -0.2) is 47.0 Å². The summed E-state index contributed by atoms with van der Waals surface area (Å²) in [4.78, 5) is 42.3. The van der Waals surface area contributed by atoms with Crippen molar-refractivity contribution in [3.63, 3.8) is 0 Å². The van der Waals surface area contributed by atoms with Gasteiger partial charge in [-0.15, -0.1) is 0 Å². The van der Waals surface area contributed by atoms with Gasteiger partial charge in [0.1, 0.15) is 17.7 Å². The zero-order chi connectivity index (χ0) is 27.2. The molecule has 36 heavy (non-hydrogen) atoms. The molecule has 0 spiro atoms. The molecule has 3 amide bonds. The van der Waals surface area contributed by atoms with Crippen molar-refractivity contribution in [3.8, 4) is 0 Å². The third-order valence-corrected chi connectivity index (χ3v) is 6.62. The van der Waals surface area contributed by atoms with E-state index in [1.807, 2.05) is 45.9 Å². The monoisotopic (exact) mass is 501 g/mol. The molecular weight excluding hydrogens is 454 g/mol. The van der Waals surface area contributed by atoms with Crippen LogP contribution in [0.4, 0.5) is 4.79 Å². The summed E-state index contributed by atoms with van der Waals surface area (Å²) in [5.41, 5.74) is 2.14. The molecule has 0 saturated heterocycles. The highest BCUT2D eigenvalue weighted by molar-refractivity contribution is 5.93. The number of nitrogens with zero attached hydrogens (tertiary/aromatic N) is 1. The van der Waals surface area contributed by atoms with Crippen LogP contribution >= 0.6 is 0 Å². The third kappa shape index (κ3) is 8.24. The summed E-state index contributed by atoms with van der Waals surface area (Å²) in [6, 6.07) is 4.38. The first-order chi connectivity index (χ1) is 16.8. The highest BCUT2D eigenvalue weighted by Crippen LogP contribution is 2.41. The van der Waals surface area contributed by atoms with Crippen LogP contribution in [0.25, 0.3) is 0 Å². The first kappa shape index (κ1) is 29.7. The zero-order valence-electron chi connectivity index (χ0n) is 23.7. The number of nitrogens with one attached hydrogen (secondary N) is 2. The molecular formula is C29H47N3O4. The normalized spacial score (nSPS) is 18.8. The van der Waals surface area contributed by atoms with E-state index in [-0.39, 0.29) is 29.7 Å². The van der Waals surface area contributed by atoms with Gasteiger partial charge in [-0.3, -0.25) is 9.59 Å². The number of amides is 3. The van der Waals surface area contributed by atoms with Crippen LogP contribution in [0.15, 0.2) is 18.2 Å². The van der Waals surface area contributed by atoms with Crippen LogP contribution in [0.2, 0.25) is 0 Å². The largest absolute Gasteiger partial charge is 0.444 e. The molecule has 0 bridgehead atoms. The Labute approximate surface area is 217 Å². The lowest BCUT2D eigenvalue weighted by atomic mass is 9.94. The minimum absolute atomic E-state index is 0.0644. The molecule has 1 fully saturated rings. The van der Waals surface area contributed by atoms with Crippen LogP contribution in [0.1, 0.15) is 96.9 Å². The summed E-state index contributed by atoms with van der Waals surface area (Å²) >= 11 is 0. The Balaban J connectivity index is 2.48. The number of hydrogen-bond donors (Lipinski definition) is 2. The number of carbonyl (C=O) groups is 3. The van der Waals surface area contributed by atoms with Gasteiger partial charge in [-0.05, 0) is 70.4 Å². The van der Waals surface area contributed by atoms with E-state index < -0.39 is 23.8 Å². The second-order valence-corrected chi connectivity index (χ2v) is 11.7. The fourth-order valence-corrected chi connectivity index (χ4v) is 4.44. The van der Waals surface area contributed by atoms with Gasteiger partial charge >= 0.3 is 6.09 Å². The quantitative estimate of drug-likeness (QED) is 0.395. The zero-order valence-corrected chi connectivity index (χ0v) is 23.7. The second kappa shape index (κ2) is 12.6. The van der Waals surface area contributed by atoms with Gasteiger partial charge in [-0.2, -0.15) is 0 Å². The van der Waals surface area contributed by atoms with Crippen LogP contribution in [0, 0.1) is 25.7 Å². The number of ether oxygens (including phenoxy) is 1. The van der Waals surface area contributed by atoms with Crippen molar-refractivity contribution in [2.75, 3.05) is 6.54 Å². The fraction of sp³-hybridized carbons (Fsp3) is 0.690. The van der Waals surface area contributed by atoms with Crippen LogP contribution in [0.5, 0.6) is 0 Å². The summed E-state index contributed by atoms with van der Waals surface area (Å²) in [5.74, 6) is -0.330. The van der Waals surface area contributed by atoms with Crippen LogP contribution in [-0.2, 0) is 14.3 Å². The van der Waals surface area contributed by atoms with Crippen molar-refractivity contribution in [3.05, 3.63) is 34.9 Å². The molecule has 0 heterocycles. The number of alkyl carbamates (subject to hydrolysis) is 1. The van der Waals surface area contributed by atoms with Gasteiger partial charge in [0.2, 0.25) is 11.8 Å². The lowest BCUT2D eigenvalue weighted by molar-refractivity contribution is -0.144. The van der Waals surface area contributed by atoms with Crippen molar-refractivity contribution < 1.29 is 19.1 Å². The second-order valence-electron chi connectivity index (χ2n) is 11.7. The predicted octanol–water partition coefficient (Wildman–Crippen LogP) is 5.44. The molecule has 2 N–H and O–H groups in total. The summed E-state index contributed by atoms with van der Waals surface area (Å²) in [5, 5.41) is 5.89. The SMILES string of the molecule is CCCCCNC(=O)C(c1cc(C)ccc1C)N(C(=O)C(NC(=O)OC(C)(C)C)C(C)C)C1CC1C. The van der Waals surface area contributed by atoms with Gasteiger partial charge in [-0.1, -0.05) is 64.3 Å². The van der Waals surface area contributed by atoms with Gasteiger partial charge in [0.25, 0.3) is 0 Å². The number of unbranched alkanes of at least 4 members (excludes halogenated alkanes) is 2. The Morgan fingerprint density at radius 2 is 1.78 bits per heavy atom. The Morgan fingerprint density at radius 1 is 1.14 bits per heavy atom. The van der Waals surface area contributed by atoms with Crippen molar-refractivity contribution in [1.82, 2.24) is 15.5 Å². The number of rotatable bonds is 11. The molecule has 7 nitrogen and oxygen atoms in total. The minimum Gasteiger partial charge on any atom is -0.444 e. The van der Waals surface area contributed by atoms with E-state index in [4.69, 9.17) is 4.74 Å². The molecule has 1 aromatic carbocycles. The summed E-state index contributed by atoms with van der Waals surface area (Å²) in [6.45, 7) is 17.9. The molecule has 1 aliphatic carbocycles. The van der Waals surface area contributed by atoms with E-state index in [0.717, 1.165) is 42.4 Å². The molecule has 4 atom stereocenters. The maximum atomic E-state index is 14.2. The third-order valence-electron chi connectivity index (χ3n) is 6.62. The average Bonchev–Trinajstić information content (AvgIpc) is 3.48. The Kier molecular flexibility index (Phi) is 10.4. The molecule has 1 aliphatic rings.